The smallest absolute Gasteiger partial charge is 0.122 e. The number of ether oxygens (including phenoxy) is 2. The van der Waals surface area contributed by atoms with E-state index in [1.807, 2.05) is 0 Å². The van der Waals surface area contributed by atoms with Gasteiger partial charge in [-0.05, 0) is 30.2 Å². The van der Waals surface area contributed by atoms with Crippen LogP contribution < -0.4 is 15.4 Å². The zero-order valence-corrected chi connectivity index (χ0v) is 11.3. The van der Waals surface area contributed by atoms with Gasteiger partial charge in [-0.2, -0.15) is 0 Å². The predicted molar refractivity (Wildman–Crippen MR) is 74.8 cm³/mol. The summed E-state index contributed by atoms with van der Waals surface area (Å²) in [6, 6.07) is 7.02. The van der Waals surface area contributed by atoms with Gasteiger partial charge in [-0.1, -0.05) is 12.1 Å². The summed E-state index contributed by atoms with van der Waals surface area (Å²) >= 11 is 0. The first-order chi connectivity index (χ1) is 9.42. The highest BCUT2D eigenvalue weighted by Gasteiger charge is 2.13. The third kappa shape index (κ3) is 3.47. The number of hydrogen-bond donors (Lipinski definition) is 2. The lowest BCUT2D eigenvalue weighted by atomic mass is 10.1. The molecule has 0 amide bonds. The minimum Gasteiger partial charge on any atom is -0.493 e. The Morgan fingerprint density at radius 3 is 3.21 bits per heavy atom. The van der Waals surface area contributed by atoms with Gasteiger partial charge < -0.3 is 20.1 Å². The zero-order valence-electron chi connectivity index (χ0n) is 11.3. The van der Waals surface area contributed by atoms with Gasteiger partial charge in [-0.15, -0.1) is 0 Å². The number of benzene rings is 1. The lowest BCUT2D eigenvalue weighted by Gasteiger charge is -2.24. The highest BCUT2D eigenvalue weighted by Crippen LogP contribution is 2.25. The Balaban J connectivity index is 1.40. The Hall–Kier alpha value is -1.10. The van der Waals surface area contributed by atoms with Crippen molar-refractivity contribution in [2.45, 2.75) is 18.9 Å². The summed E-state index contributed by atoms with van der Waals surface area (Å²) in [7, 11) is 0. The van der Waals surface area contributed by atoms with Gasteiger partial charge in [0.25, 0.3) is 0 Å². The maximum absolute atomic E-state index is 5.52. The van der Waals surface area contributed by atoms with Crippen molar-refractivity contribution in [1.29, 1.82) is 0 Å². The predicted octanol–water partition coefficient (Wildman–Crippen LogP) is 0.742. The van der Waals surface area contributed by atoms with Crippen LogP contribution in [0, 0.1) is 0 Å². The molecule has 2 N–H and O–H groups in total. The van der Waals surface area contributed by atoms with Crippen molar-refractivity contribution in [3.63, 3.8) is 0 Å². The Kier molecular flexibility index (Phi) is 4.33. The number of fused-ring (bicyclic) bond motifs is 1. The van der Waals surface area contributed by atoms with E-state index in [9.17, 15) is 0 Å². The average Bonchev–Trinajstić information content (AvgIpc) is 2.92. The van der Waals surface area contributed by atoms with Crippen LogP contribution in [0.1, 0.15) is 11.1 Å². The maximum atomic E-state index is 5.52. The molecule has 0 spiro atoms. The highest BCUT2D eigenvalue weighted by molar-refractivity contribution is 5.39. The lowest BCUT2D eigenvalue weighted by molar-refractivity contribution is 0.0768. The molecule has 1 aromatic carbocycles. The molecule has 19 heavy (non-hydrogen) atoms. The van der Waals surface area contributed by atoms with Crippen LogP contribution in [0.15, 0.2) is 18.2 Å². The summed E-state index contributed by atoms with van der Waals surface area (Å²) in [5.74, 6) is 1.07. The molecule has 0 saturated carbocycles. The molecule has 1 aromatic rings. The van der Waals surface area contributed by atoms with E-state index >= 15 is 0 Å². The third-order valence-corrected chi connectivity index (χ3v) is 3.73. The van der Waals surface area contributed by atoms with E-state index in [1.54, 1.807) is 0 Å². The summed E-state index contributed by atoms with van der Waals surface area (Å²) in [5, 5.41) is 6.95. The lowest BCUT2D eigenvalue weighted by Crippen LogP contribution is -2.47. The molecular weight excluding hydrogens is 240 g/mol. The molecule has 1 fully saturated rings. The summed E-state index contributed by atoms with van der Waals surface area (Å²) in [4.78, 5) is 0. The minimum absolute atomic E-state index is 0.460. The van der Waals surface area contributed by atoms with Crippen LogP contribution in [0.2, 0.25) is 0 Å². The molecule has 0 aromatic heterocycles. The van der Waals surface area contributed by atoms with E-state index in [4.69, 9.17) is 9.47 Å². The Morgan fingerprint density at radius 1 is 1.32 bits per heavy atom. The molecule has 104 valence electrons. The Morgan fingerprint density at radius 2 is 2.32 bits per heavy atom. The monoisotopic (exact) mass is 262 g/mol. The van der Waals surface area contributed by atoms with Crippen LogP contribution in [0.25, 0.3) is 0 Å². The standard InChI is InChI=1S/C15H22N2O2/c1-2-15-13(4-7-19-15)9-12(1)3-5-16-10-14-11-18-8-6-17-14/h1-2,9,14,16-17H,3-8,10-11H2. The molecule has 1 atom stereocenters. The first kappa shape index (κ1) is 12.9. The molecule has 3 rings (SSSR count). The van der Waals surface area contributed by atoms with E-state index in [0.29, 0.717) is 6.04 Å². The van der Waals surface area contributed by atoms with Gasteiger partial charge in [0.15, 0.2) is 0 Å². The second kappa shape index (κ2) is 6.37. The molecule has 0 aliphatic carbocycles. The van der Waals surface area contributed by atoms with Crippen molar-refractivity contribution >= 4 is 0 Å². The van der Waals surface area contributed by atoms with Crippen molar-refractivity contribution in [3.8, 4) is 5.75 Å². The highest BCUT2D eigenvalue weighted by atomic mass is 16.5. The van der Waals surface area contributed by atoms with Gasteiger partial charge in [-0.25, -0.2) is 0 Å². The van der Waals surface area contributed by atoms with Crippen LogP contribution >= 0.6 is 0 Å². The van der Waals surface area contributed by atoms with Crippen molar-refractivity contribution in [3.05, 3.63) is 29.3 Å². The second-order valence-corrected chi connectivity index (χ2v) is 5.22. The van der Waals surface area contributed by atoms with Crippen LogP contribution in [0.4, 0.5) is 0 Å². The largest absolute Gasteiger partial charge is 0.493 e. The van der Waals surface area contributed by atoms with Crippen molar-refractivity contribution in [2.24, 2.45) is 0 Å². The molecule has 2 aliphatic rings. The quantitative estimate of drug-likeness (QED) is 0.768. The van der Waals surface area contributed by atoms with E-state index in [2.05, 4.69) is 28.8 Å². The third-order valence-electron chi connectivity index (χ3n) is 3.73. The summed E-state index contributed by atoms with van der Waals surface area (Å²) in [6.07, 6.45) is 2.13. The topological polar surface area (TPSA) is 42.5 Å². The number of rotatable bonds is 5. The fraction of sp³-hybridized carbons (Fsp3) is 0.600. The molecule has 2 aliphatic heterocycles. The first-order valence-corrected chi connectivity index (χ1v) is 7.18. The SMILES string of the molecule is c1cc2c(cc1CCNCC1COCCN1)CCO2. The van der Waals surface area contributed by atoms with Crippen LogP contribution in [-0.2, 0) is 17.6 Å². The fourth-order valence-corrected chi connectivity index (χ4v) is 2.66. The van der Waals surface area contributed by atoms with Gasteiger partial charge in [-0.3, -0.25) is 0 Å². The number of nitrogens with one attached hydrogen (secondary N) is 2. The fourth-order valence-electron chi connectivity index (χ4n) is 2.66. The molecule has 2 heterocycles. The van der Waals surface area contributed by atoms with Crippen LogP contribution in [0.5, 0.6) is 5.75 Å². The van der Waals surface area contributed by atoms with Gasteiger partial charge >= 0.3 is 0 Å². The molecule has 4 heteroatoms. The number of morpholine rings is 1. The van der Waals surface area contributed by atoms with Gasteiger partial charge in [0.05, 0.1) is 19.8 Å². The van der Waals surface area contributed by atoms with Crippen molar-refractivity contribution in [2.75, 3.05) is 39.5 Å². The molecule has 0 bridgehead atoms. The maximum Gasteiger partial charge on any atom is 0.122 e. The zero-order chi connectivity index (χ0) is 12.9. The van der Waals surface area contributed by atoms with E-state index in [-0.39, 0.29) is 0 Å². The molecule has 1 unspecified atom stereocenters. The molecular formula is C15H22N2O2. The Bertz CT molecular complexity index is 417. The van der Waals surface area contributed by atoms with Gasteiger partial charge in [0.1, 0.15) is 5.75 Å². The van der Waals surface area contributed by atoms with Crippen LogP contribution in [-0.4, -0.2) is 45.5 Å². The first-order valence-electron chi connectivity index (χ1n) is 7.18. The van der Waals surface area contributed by atoms with Crippen molar-refractivity contribution in [1.82, 2.24) is 10.6 Å². The van der Waals surface area contributed by atoms with Gasteiger partial charge in [0.2, 0.25) is 0 Å². The summed E-state index contributed by atoms with van der Waals surface area (Å²) < 4.78 is 11.0. The molecule has 0 radical (unpaired) electrons. The van der Waals surface area contributed by atoms with Crippen molar-refractivity contribution < 1.29 is 9.47 Å². The van der Waals surface area contributed by atoms with Gasteiger partial charge in [0, 0.05) is 25.6 Å². The number of hydrogen-bond acceptors (Lipinski definition) is 4. The second-order valence-electron chi connectivity index (χ2n) is 5.22. The molecule has 4 nitrogen and oxygen atoms in total. The summed E-state index contributed by atoms with van der Waals surface area (Å²) in [5.41, 5.74) is 2.75. The summed E-state index contributed by atoms with van der Waals surface area (Å²) in [6.45, 7) is 5.46. The average molecular weight is 262 g/mol. The Labute approximate surface area is 114 Å². The normalized spacial score (nSPS) is 22.0. The van der Waals surface area contributed by atoms with E-state index < -0.39 is 0 Å². The minimum atomic E-state index is 0.460. The van der Waals surface area contributed by atoms with E-state index in [1.165, 1.54) is 11.1 Å². The molecule has 1 saturated heterocycles. The van der Waals surface area contributed by atoms with Crippen LogP contribution in [0.3, 0.4) is 0 Å². The van der Waals surface area contributed by atoms with E-state index in [0.717, 1.165) is 58.0 Å².